The van der Waals surface area contributed by atoms with Gasteiger partial charge in [0.15, 0.2) is 4.96 Å². The van der Waals surface area contributed by atoms with E-state index in [0.717, 1.165) is 30.0 Å². The molecule has 4 aromatic rings. The van der Waals surface area contributed by atoms with Crippen LogP contribution >= 0.6 is 22.7 Å². The van der Waals surface area contributed by atoms with Gasteiger partial charge >= 0.3 is 6.18 Å². The standard InChI is InChI=1S/C20H15F3N4OS2/c21-20(22,23)13-4-1-3-12(9-13)14-10-27-16(11-30-19(27)25-14)18(28)26-7-2-5-15(26)17-24-6-8-29-17/h1,3-4,6,8-11,15H,2,5,7H2. The summed E-state index contributed by atoms with van der Waals surface area (Å²) in [6.45, 7) is 0.648. The van der Waals surface area contributed by atoms with Gasteiger partial charge in [0.05, 0.1) is 17.3 Å². The topological polar surface area (TPSA) is 50.5 Å². The maximum absolute atomic E-state index is 13.3. The quantitative estimate of drug-likeness (QED) is 0.415. The number of aromatic nitrogens is 3. The molecule has 0 bridgehead atoms. The van der Waals surface area contributed by atoms with Gasteiger partial charge < -0.3 is 4.90 Å². The van der Waals surface area contributed by atoms with Gasteiger partial charge in [0.2, 0.25) is 0 Å². The molecule has 1 atom stereocenters. The van der Waals surface area contributed by atoms with Crippen LogP contribution in [0.4, 0.5) is 13.2 Å². The van der Waals surface area contributed by atoms with E-state index in [1.54, 1.807) is 28.2 Å². The van der Waals surface area contributed by atoms with Crippen molar-refractivity contribution in [1.82, 2.24) is 19.3 Å². The molecule has 10 heteroatoms. The molecule has 4 heterocycles. The van der Waals surface area contributed by atoms with Crippen molar-refractivity contribution >= 4 is 33.5 Å². The molecule has 0 radical (unpaired) electrons. The number of nitrogens with zero attached hydrogens (tertiary/aromatic N) is 4. The third kappa shape index (κ3) is 3.29. The summed E-state index contributed by atoms with van der Waals surface area (Å²) < 4.78 is 40.8. The third-order valence-electron chi connectivity index (χ3n) is 5.16. The summed E-state index contributed by atoms with van der Waals surface area (Å²) in [6, 6.07) is 5.01. The molecule has 3 aromatic heterocycles. The van der Waals surface area contributed by atoms with Gasteiger partial charge in [-0.2, -0.15) is 13.2 Å². The summed E-state index contributed by atoms with van der Waals surface area (Å²) in [6.07, 6.45) is 0.716. The van der Waals surface area contributed by atoms with Crippen LogP contribution < -0.4 is 0 Å². The second-order valence-corrected chi connectivity index (χ2v) is 8.77. The average molecular weight is 448 g/mol. The Morgan fingerprint density at radius 1 is 1.23 bits per heavy atom. The zero-order chi connectivity index (χ0) is 20.9. The highest BCUT2D eigenvalue weighted by Crippen LogP contribution is 2.36. The number of hydrogen-bond acceptors (Lipinski definition) is 5. The van der Waals surface area contributed by atoms with Crippen molar-refractivity contribution in [3.05, 3.63) is 63.7 Å². The number of imidazole rings is 1. The Kier molecular flexibility index (Phi) is 4.62. The van der Waals surface area contributed by atoms with Gasteiger partial charge in [-0.15, -0.1) is 22.7 Å². The molecule has 1 fully saturated rings. The van der Waals surface area contributed by atoms with E-state index in [4.69, 9.17) is 0 Å². The van der Waals surface area contributed by atoms with Crippen molar-refractivity contribution in [3.63, 3.8) is 0 Å². The highest BCUT2D eigenvalue weighted by Gasteiger charge is 2.34. The van der Waals surface area contributed by atoms with Gasteiger partial charge in [-0.05, 0) is 25.0 Å². The molecule has 154 valence electrons. The van der Waals surface area contributed by atoms with Gasteiger partial charge in [0, 0.05) is 35.3 Å². The maximum atomic E-state index is 13.3. The average Bonchev–Trinajstić information content (AvgIpc) is 3.50. The first-order valence-corrected chi connectivity index (χ1v) is 11.0. The number of carbonyl (C=O) groups is 1. The van der Waals surface area contributed by atoms with Crippen LogP contribution in [0.5, 0.6) is 0 Å². The SMILES string of the molecule is O=C(c1csc2nc(-c3cccc(C(F)(F)F)c3)cn12)N1CCCC1c1nccs1. The van der Waals surface area contributed by atoms with E-state index < -0.39 is 11.7 Å². The van der Waals surface area contributed by atoms with Crippen LogP contribution in [0.1, 0.15) is 39.9 Å². The number of likely N-dealkylation sites (tertiary alicyclic amines) is 1. The minimum absolute atomic E-state index is 0.0427. The largest absolute Gasteiger partial charge is 0.416 e. The van der Waals surface area contributed by atoms with E-state index in [-0.39, 0.29) is 11.9 Å². The molecule has 5 nitrogen and oxygen atoms in total. The summed E-state index contributed by atoms with van der Waals surface area (Å²) in [4.78, 5) is 24.5. The number of alkyl halides is 3. The molecule has 1 saturated heterocycles. The first-order valence-electron chi connectivity index (χ1n) is 9.26. The van der Waals surface area contributed by atoms with Crippen LogP contribution in [0.25, 0.3) is 16.2 Å². The summed E-state index contributed by atoms with van der Waals surface area (Å²) in [7, 11) is 0. The van der Waals surface area contributed by atoms with Gasteiger partial charge in [0.25, 0.3) is 5.91 Å². The normalized spacial score (nSPS) is 17.2. The van der Waals surface area contributed by atoms with Crippen molar-refractivity contribution in [1.29, 1.82) is 0 Å². The fourth-order valence-electron chi connectivity index (χ4n) is 3.74. The number of amides is 1. The Bertz CT molecular complexity index is 1210. The van der Waals surface area contributed by atoms with Crippen molar-refractivity contribution in [2.45, 2.75) is 25.1 Å². The zero-order valence-electron chi connectivity index (χ0n) is 15.5. The number of thiazole rings is 2. The monoisotopic (exact) mass is 448 g/mol. The minimum Gasteiger partial charge on any atom is -0.328 e. The van der Waals surface area contributed by atoms with Gasteiger partial charge in [-0.1, -0.05) is 12.1 Å². The van der Waals surface area contributed by atoms with Gasteiger partial charge in [-0.25, -0.2) is 9.97 Å². The maximum Gasteiger partial charge on any atom is 0.416 e. The number of benzene rings is 1. The fourth-order valence-corrected chi connectivity index (χ4v) is 5.38. The van der Waals surface area contributed by atoms with E-state index in [2.05, 4.69) is 9.97 Å². The molecule has 1 aliphatic rings. The lowest BCUT2D eigenvalue weighted by Gasteiger charge is -2.22. The van der Waals surface area contributed by atoms with E-state index in [1.807, 2.05) is 10.3 Å². The van der Waals surface area contributed by atoms with E-state index in [9.17, 15) is 18.0 Å². The molecule has 0 aliphatic carbocycles. The lowest BCUT2D eigenvalue weighted by atomic mass is 10.1. The van der Waals surface area contributed by atoms with Gasteiger partial charge in [-0.3, -0.25) is 9.20 Å². The Balaban J connectivity index is 1.49. The van der Waals surface area contributed by atoms with Crippen LogP contribution in [0.3, 0.4) is 0 Å². The Hall–Kier alpha value is -2.72. The second kappa shape index (κ2) is 7.21. The van der Waals surface area contributed by atoms with Crippen molar-refractivity contribution in [2.24, 2.45) is 0 Å². The summed E-state index contributed by atoms with van der Waals surface area (Å²) in [5, 5.41) is 4.57. The molecule has 0 N–H and O–H groups in total. The predicted octanol–water partition coefficient (Wildman–Crippen LogP) is 5.52. The molecular weight excluding hydrogens is 433 g/mol. The Labute approximate surface area is 177 Å². The molecule has 0 spiro atoms. The molecule has 1 aromatic carbocycles. The van der Waals surface area contributed by atoms with E-state index in [1.165, 1.54) is 28.7 Å². The van der Waals surface area contributed by atoms with Crippen molar-refractivity contribution in [2.75, 3.05) is 6.54 Å². The van der Waals surface area contributed by atoms with Crippen LogP contribution in [0.2, 0.25) is 0 Å². The highest BCUT2D eigenvalue weighted by molar-refractivity contribution is 7.15. The third-order valence-corrected chi connectivity index (χ3v) is 6.88. The highest BCUT2D eigenvalue weighted by atomic mass is 32.1. The second-order valence-electron chi connectivity index (χ2n) is 7.01. The smallest absolute Gasteiger partial charge is 0.328 e. The number of hydrogen-bond donors (Lipinski definition) is 0. The molecule has 0 saturated carbocycles. The number of fused-ring (bicyclic) bond motifs is 1. The number of rotatable bonds is 3. The number of halogens is 3. The zero-order valence-corrected chi connectivity index (χ0v) is 17.1. The van der Waals surface area contributed by atoms with Crippen molar-refractivity contribution in [3.8, 4) is 11.3 Å². The molecular formula is C20H15F3N4OS2. The summed E-state index contributed by atoms with van der Waals surface area (Å²) in [5.41, 5.74) is 0.501. The molecule has 1 unspecified atom stereocenters. The Morgan fingerprint density at radius 2 is 2.10 bits per heavy atom. The molecule has 5 rings (SSSR count). The van der Waals surface area contributed by atoms with Crippen LogP contribution in [-0.2, 0) is 6.18 Å². The van der Waals surface area contributed by atoms with Crippen molar-refractivity contribution < 1.29 is 18.0 Å². The summed E-state index contributed by atoms with van der Waals surface area (Å²) in [5.74, 6) is -0.119. The van der Waals surface area contributed by atoms with E-state index in [0.29, 0.717) is 28.5 Å². The lowest BCUT2D eigenvalue weighted by molar-refractivity contribution is -0.137. The lowest BCUT2D eigenvalue weighted by Crippen LogP contribution is -2.31. The summed E-state index contributed by atoms with van der Waals surface area (Å²) >= 11 is 2.83. The van der Waals surface area contributed by atoms with Crippen LogP contribution in [-0.4, -0.2) is 31.7 Å². The fraction of sp³-hybridized carbons (Fsp3) is 0.250. The Morgan fingerprint density at radius 3 is 2.87 bits per heavy atom. The molecule has 1 aliphatic heterocycles. The van der Waals surface area contributed by atoms with Crippen LogP contribution in [0.15, 0.2) is 47.4 Å². The van der Waals surface area contributed by atoms with Gasteiger partial charge in [0.1, 0.15) is 10.7 Å². The molecule has 30 heavy (non-hydrogen) atoms. The number of carbonyl (C=O) groups excluding carboxylic acids is 1. The first-order chi connectivity index (χ1) is 14.4. The first kappa shape index (κ1) is 19.3. The van der Waals surface area contributed by atoms with Crippen LogP contribution in [0, 0.1) is 0 Å². The van der Waals surface area contributed by atoms with E-state index >= 15 is 0 Å². The minimum atomic E-state index is -4.42. The predicted molar refractivity (Wildman–Crippen MR) is 109 cm³/mol. The molecule has 1 amide bonds.